The molecule has 5 heteroatoms. The molecule has 1 aliphatic heterocycles. The molecule has 1 atom stereocenters. The molecule has 1 aromatic heterocycles. The van der Waals surface area contributed by atoms with Crippen molar-refractivity contribution >= 4 is 11.6 Å². The average Bonchev–Trinajstić information content (AvgIpc) is 3.05. The summed E-state index contributed by atoms with van der Waals surface area (Å²) >= 11 is 5.96. The maximum Gasteiger partial charge on any atom is 0.118 e. The van der Waals surface area contributed by atoms with Crippen molar-refractivity contribution in [2.45, 2.75) is 31.7 Å². The van der Waals surface area contributed by atoms with Crippen LogP contribution in [0.2, 0.25) is 5.02 Å². The first-order valence-electron chi connectivity index (χ1n) is 8.37. The SMILES string of the molecule is OCC(c1ccc(Cl)cc1)c1nccn1CCN1CCCCC1. The van der Waals surface area contributed by atoms with Crippen LogP contribution in [0.1, 0.15) is 36.6 Å². The van der Waals surface area contributed by atoms with Crippen LogP contribution in [0.3, 0.4) is 0 Å². The molecular formula is C18H24ClN3O. The van der Waals surface area contributed by atoms with Crippen LogP contribution in [0.4, 0.5) is 0 Å². The topological polar surface area (TPSA) is 41.3 Å². The fourth-order valence-corrected chi connectivity index (χ4v) is 3.41. The summed E-state index contributed by atoms with van der Waals surface area (Å²) in [6.45, 7) is 4.40. The number of rotatable bonds is 6. The zero-order chi connectivity index (χ0) is 16.1. The molecule has 4 nitrogen and oxygen atoms in total. The van der Waals surface area contributed by atoms with Crippen molar-refractivity contribution in [1.29, 1.82) is 0 Å². The molecule has 2 heterocycles. The first kappa shape index (κ1) is 16.5. The molecule has 1 fully saturated rings. The Morgan fingerprint density at radius 2 is 1.83 bits per heavy atom. The van der Waals surface area contributed by atoms with Crippen molar-refractivity contribution in [1.82, 2.24) is 14.5 Å². The number of benzene rings is 1. The molecule has 3 rings (SSSR count). The third-order valence-corrected chi connectivity index (χ3v) is 4.87. The summed E-state index contributed by atoms with van der Waals surface area (Å²) in [4.78, 5) is 7.02. The summed E-state index contributed by atoms with van der Waals surface area (Å²) in [5.74, 6) is 0.815. The minimum atomic E-state index is -0.108. The Hall–Kier alpha value is -1.36. The summed E-state index contributed by atoms with van der Waals surface area (Å²) < 4.78 is 2.17. The van der Waals surface area contributed by atoms with E-state index in [1.807, 2.05) is 36.7 Å². The van der Waals surface area contributed by atoms with Gasteiger partial charge in [0.1, 0.15) is 5.82 Å². The maximum absolute atomic E-state index is 9.87. The highest BCUT2D eigenvalue weighted by molar-refractivity contribution is 6.30. The second-order valence-electron chi connectivity index (χ2n) is 6.17. The number of halogens is 1. The third kappa shape index (κ3) is 4.14. The van der Waals surface area contributed by atoms with Gasteiger partial charge in [-0.3, -0.25) is 0 Å². The highest BCUT2D eigenvalue weighted by Crippen LogP contribution is 2.24. The first-order chi connectivity index (χ1) is 11.3. The van der Waals surface area contributed by atoms with Gasteiger partial charge in [-0.05, 0) is 43.6 Å². The van der Waals surface area contributed by atoms with Crippen LogP contribution in [-0.4, -0.2) is 45.8 Å². The number of hydrogen-bond acceptors (Lipinski definition) is 3. The van der Waals surface area contributed by atoms with Gasteiger partial charge in [-0.2, -0.15) is 0 Å². The summed E-state index contributed by atoms with van der Waals surface area (Å²) in [5.41, 5.74) is 1.04. The largest absolute Gasteiger partial charge is 0.395 e. The van der Waals surface area contributed by atoms with Crippen LogP contribution in [0.5, 0.6) is 0 Å². The van der Waals surface area contributed by atoms with Gasteiger partial charge in [0.05, 0.1) is 12.5 Å². The summed E-state index contributed by atoms with van der Waals surface area (Å²) in [7, 11) is 0. The number of hydrogen-bond donors (Lipinski definition) is 1. The number of nitrogens with zero attached hydrogens (tertiary/aromatic N) is 3. The lowest BCUT2D eigenvalue weighted by Gasteiger charge is -2.27. The van der Waals surface area contributed by atoms with Crippen LogP contribution in [0.15, 0.2) is 36.7 Å². The van der Waals surface area contributed by atoms with Gasteiger partial charge in [0, 0.05) is 30.5 Å². The van der Waals surface area contributed by atoms with Crippen LogP contribution >= 0.6 is 11.6 Å². The van der Waals surface area contributed by atoms with E-state index >= 15 is 0 Å². The zero-order valence-electron chi connectivity index (χ0n) is 13.4. The van der Waals surface area contributed by atoms with E-state index in [0.717, 1.165) is 24.5 Å². The summed E-state index contributed by atoms with van der Waals surface area (Å²) in [6.07, 6.45) is 7.81. The van der Waals surface area contributed by atoms with E-state index in [-0.39, 0.29) is 12.5 Å². The molecule has 0 amide bonds. The Morgan fingerprint density at radius 1 is 1.09 bits per heavy atom. The molecule has 1 saturated heterocycles. The smallest absolute Gasteiger partial charge is 0.118 e. The molecule has 0 aliphatic carbocycles. The second kappa shape index (κ2) is 7.95. The first-order valence-corrected chi connectivity index (χ1v) is 8.75. The van der Waals surface area contributed by atoms with Gasteiger partial charge in [-0.1, -0.05) is 30.2 Å². The van der Waals surface area contributed by atoms with Crippen molar-refractivity contribution < 1.29 is 5.11 Å². The quantitative estimate of drug-likeness (QED) is 0.883. The number of likely N-dealkylation sites (tertiary alicyclic amines) is 1. The standard InChI is InChI=1S/C18H24ClN3O/c19-16-6-4-15(5-7-16)17(14-23)18-20-8-11-22(18)13-12-21-9-2-1-3-10-21/h4-8,11,17,23H,1-3,9-10,12-14H2. The predicted octanol–water partition coefficient (Wildman–Crippen LogP) is 3.15. The van der Waals surface area contributed by atoms with Crippen molar-refractivity contribution in [3.8, 4) is 0 Å². The number of piperidine rings is 1. The third-order valence-electron chi connectivity index (χ3n) is 4.62. The van der Waals surface area contributed by atoms with Gasteiger partial charge in [0.15, 0.2) is 0 Å². The van der Waals surface area contributed by atoms with E-state index in [4.69, 9.17) is 11.6 Å². The summed E-state index contributed by atoms with van der Waals surface area (Å²) in [5, 5.41) is 10.6. The monoisotopic (exact) mass is 333 g/mol. The molecule has 0 saturated carbocycles. The Balaban J connectivity index is 1.71. The lowest BCUT2D eigenvalue weighted by molar-refractivity contribution is 0.218. The lowest BCUT2D eigenvalue weighted by atomic mass is 9.99. The fourth-order valence-electron chi connectivity index (χ4n) is 3.28. The minimum Gasteiger partial charge on any atom is -0.395 e. The Bertz CT molecular complexity index is 605. The lowest BCUT2D eigenvalue weighted by Crippen LogP contribution is -2.33. The second-order valence-corrected chi connectivity index (χ2v) is 6.60. The average molecular weight is 334 g/mol. The van der Waals surface area contributed by atoms with Crippen molar-refractivity contribution in [3.05, 3.63) is 53.1 Å². The molecule has 0 radical (unpaired) electrons. The van der Waals surface area contributed by atoms with Gasteiger partial charge in [-0.15, -0.1) is 0 Å². The van der Waals surface area contributed by atoms with E-state index < -0.39 is 0 Å². The van der Waals surface area contributed by atoms with Gasteiger partial charge >= 0.3 is 0 Å². The highest BCUT2D eigenvalue weighted by Gasteiger charge is 2.19. The van der Waals surface area contributed by atoms with E-state index in [0.29, 0.717) is 5.02 Å². The molecule has 0 bridgehead atoms. The zero-order valence-corrected chi connectivity index (χ0v) is 14.1. The van der Waals surface area contributed by atoms with E-state index in [2.05, 4.69) is 14.5 Å². The molecule has 1 aromatic carbocycles. The molecular weight excluding hydrogens is 310 g/mol. The Kier molecular flexibility index (Phi) is 5.70. The molecule has 0 spiro atoms. The molecule has 124 valence electrons. The normalized spacial score (nSPS) is 17.3. The van der Waals surface area contributed by atoms with Gasteiger partial charge in [-0.25, -0.2) is 4.98 Å². The number of aliphatic hydroxyl groups is 1. The molecule has 2 aromatic rings. The van der Waals surface area contributed by atoms with E-state index in [1.54, 1.807) is 0 Å². The van der Waals surface area contributed by atoms with Crippen LogP contribution < -0.4 is 0 Å². The molecule has 1 unspecified atom stereocenters. The van der Waals surface area contributed by atoms with Crippen LogP contribution in [0, 0.1) is 0 Å². The van der Waals surface area contributed by atoms with Crippen LogP contribution in [-0.2, 0) is 6.54 Å². The molecule has 23 heavy (non-hydrogen) atoms. The number of imidazole rings is 1. The van der Waals surface area contributed by atoms with Crippen molar-refractivity contribution in [2.24, 2.45) is 0 Å². The van der Waals surface area contributed by atoms with Gasteiger partial charge in [0.2, 0.25) is 0 Å². The van der Waals surface area contributed by atoms with Gasteiger partial charge < -0.3 is 14.6 Å². The highest BCUT2D eigenvalue weighted by atomic mass is 35.5. The van der Waals surface area contributed by atoms with E-state index in [1.165, 1.54) is 32.4 Å². The fraction of sp³-hybridized carbons (Fsp3) is 0.500. The maximum atomic E-state index is 9.87. The van der Waals surface area contributed by atoms with Crippen molar-refractivity contribution in [3.63, 3.8) is 0 Å². The number of aliphatic hydroxyl groups excluding tert-OH is 1. The Morgan fingerprint density at radius 3 is 2.52 bits per heavy atom. The van der Waals surface area contributed by atoms with Crippen LogP contribution in [0.25, 0.3) is 0 Å². The molecule has 1 N–H and O–H groups in total. The van der Waals surface area contributed by atoms with E-state index in [9.17, 15) is 5.11 Å². The minimum absolute atomic E-state index is 0.0440. The summed E-state index contributed by atoms with van der Waals surface area (Å²) in [6, 6.07) is 7.65. The predicted molar refractivity (Wildman–Crippen MR) is 92.9 cm³/mol. The van der Waals surface area contributed by atoms with Gasteiger partial charge in [0.25, 0.3) is 0 Å². The molecule has 1 aliphatic rings. The number of aromatic nitrogens is 2. The Labute approximate surface area is 142 Å². The van der Waals surface area contributed by atoms with Crippen molar-refractivity contribution in [2.75, 3.05) is 26.2 Å².